The Labute approximate surface area is 402 Å². The first-order valence-corrected chi connectivity index (χ1v) is 26.7. The van der Waals surface area contributed by atoms with Gasteiger partial charge in [-0.2, -0.15) is 0 Å². The highest BCUT2D eigenvalue weighted by atomic mass is 33.1. The topological polar surface area (TPSA) is 217 Å². The number of aromatic nitrogens is 2. The molecule has 0 bridgehead atoms. The highest BCUT2D eigenvalue weighted by Crippen LogP contribution is 2.46. The molecule has 0 spiro atoms. The van der Waals surface area contributed by atoms with Gasteiger partial charge in [-0.3, -0.25) is 14.6 Å². The minimum atomic E-state index is -2.05. The fraction of sp³-hybridized carbons (Fsp3) is 0.489. The van der Waals surface area contributed by atoms with Gasteiger partial charge in [-0.1, -0.05) is 36.9 Å². The molecular formula is C47H53N3O13S4. The average molecular weight is 996 g/mol. The fourth-order valence-corrected chi connectivity index (χ4v) is 10.7. The van der Waals surface area contributed by atoms with Crippen LogP contribution in [0.3, 0.4) is 0 Å². The first-order valence-electron chi connectivity index (χ1n) is 21.4. The zero-order valence-electron chi connectivity index (χ0n) is 37.8. The van der Waals surface area contributed by atoms with Crippen LogP contribution in [0, 0.1) is 23.7 Å². The molecule has 20 heteroatoms. The Kier molecular flexibility index (Phi) is 16.0. The maximum Gasteiger partial charge on any atom is 0.407 e. The van der Waals surface area contributed by atoms with Crippen molar-refractivity contribution in [3.63, 3.8) is 0 Å². The summed E-state index contributed by atoms with van der Waals surface area (Å²) in [7, 11) is 0.646. The van der Waals surface area contributed by atoms with E-state index in [0.29, 0.717) is 21.8 Å². The SMILES string of the molecule is COC(=O)NC1C(=O)C[C@H](O)/C(=C/CS(C)(=S)=S)C2=C1C#C/C=C\C#C[C@@H]2OC1OC(C)C(SC)(C(=O)c2nccc3c2[nH]c2ccc(O)cc23)C(O)C1OC1CC(OC)C(OC(C)C)CO1. The lowest BCUT2D eigenvalue weighted by Gasteiger charge is -2.51. The number of aromatic hydroxyl groups is 1. The van der Waals surface area contributed by atoms with E-state index in [1.807, 2.05) is 13.8 Å². The number of amides is 1. The number of rotatable bonds is 13. The van der Waals surface area contributed by atoms with Gasteiger partial charge in [0, 0.05) is 59.3 Å². The lowest BCUT2D eigenvalue weighted by molar-refractivity contribution is -0.328. The molecule has 16 nitrogen and oxygen atoms in total. The minimum Gasteiger partial charge on any atom is -0.508 e. The summed E-state index contributed by atoms with van der Waals surface area (Å²) in [5, 5.41) is 39.0. The molecule has 358 valence electrons. The number of carbonyl (C=O) groups is 3. The second-order valence-corrected chi connectivity index (χ2v) is 25.0. The van der Waals surface area contributed by atoms with Crippen molar-refractivity contribution >= 4 is 80.8 Å². The number of hydrogen-bond donors (Lipinski definition) is 5. The third kappa shape index (κ3) is 10.7. The number of phenolic OH excluding ortho intramolecular Hbond substituents is 1. The molecule has 2 aliphatic heterocycles. The van der Waals surface area contributed by atoms with Crippen LogP contribution in [0.2, 0.25) is 0 Å². The number of pyridine rings is 1. The van der Waals surface area contributed by atoms with Gasteiger partial charge >= 0.3 is 6.09 Å². The summed E-state index contributed by atoms with van der Waals surface area (Å²) in [6.07, 6.45) is -2.64. The van der Waals surface area contributed by atoms with Gasteiger partial charge in [0.05, 0.1) is 43.6 Å². The molecule has 3 aromatic rings. The van der Waals surface area contributed by atoms with E-state index in [0.717, 1.165) is 18.9 Å². The largest absolute Gasteiger partial charge is 0.508 e. The Morgan fingerprint density at radius 3 is 2.60 bits per heavy atom. The quantitative estimate of drug-likeness (QED) is 0.122. The number of allylic oxidation sites excluding steroid dienone is 2. The number of aliphatic hydroxyl groups is 2. The van der Waals surface area contributed by atoms with Crippen LogP contribution < -0.4 is 5.32 Å². The summed E-state index contributed by atoms with van der Waals surface area (Å²) < 4.78 is 41.5. The molecule has 2 aromatic heterocycles. The monoisotopic (exact) mass is 995 g/mol. The average Bonchev–Trinajstić information content (AvgIpc) is 3.65. The number of hydrogen-bond acceptors (Lipinski definition) is 17. The number of carbonyl (C=O) groups excluding carboxylic acids is 3. The van der Waals surface area contributed by atoms with Crippen LogP contribution in [-0.2, 0) is 67.5 Å². The number of aliphatic hydroxyl groups excluding tert-OH is 2. The fourth-order valence-electron chi connectivity index (χ4n) is 8.80. The molecule has 11 atom stereocenters. The maximum absolute atomic E-state index is 15.3. The Balaban J connectivity index is 1.36. The number of nitrogens with zero attached hydrogens (tertiary/aromatic N) is 1. The van der Waals surface area contributed by atoms with E-state index in [-0.39, 0.29) is 53.0 Å². The van der Waals surface area contributed by atoms with Gasteiger partial charge in [0.15, 0.2) is 18.4 Å². The van der Waals surface area contributed by atoms with Gasteiger partial charge in [0.25, 0.3) is 0 Å². The van der Waals surface area contributed by atoms with Gasteiger partial charge in [-0.05, 0) is 97.6 Å². The second-order valence-electron chi connectivity index (χ2n) is 16.7. The number of aromatic amines is 1. The zero-order valence-corrected chi connectivity index (χ0v) is 41.1. The zero-order chi connectivity index (χ0) is 48.4. The standard InChI is InChI=1S/C47H53N3O13S4/c1-24(2)60-36-23-59-37(22-35(36)57-4)63-42-44(55)47(66-6,43(54)41-40-27(16-18-48-41)30-20-26(51)14-15-31(30)49-40)25(3)61-45(42)62-34-13-11-9-8-10-12-29-38(34)28(17-19-67(7,64)65)32(52)21-33(53)39(29)50-46(56)58-5/h8-9,14-18,20,24-25,32,34-37,39,42,44-45,49,51-52,55H,19,21-23H2,1-7H3,(H,50,56)/b9-8-,28-17-/t25?,32-,34-,35?,36?,37?,39?,42?,44?,45?,47?/m0/s1. The van der Waals surface area contributed by atoms with Crippen molar-refractivity contribution in [1.82, 2.24) is 15.3 Å². The van der Waals surface area contributed by atoms with Gasteiger partial charge < -0.3 is 58.8 Å². The number of ketones is 2. The molecular weight excluding hydrogens is 943 g/mol. The lowest BCUT2D eigenvalue weighted by Crippen LogP contribution is -2.68. The van der Waals surface area contributed by atoms with Crippen LogP contribution in [0.15, 0.2) is 65.4 Å². The van der Waals surface area contributed by atoms with Crippen molar-refractivity contribution in [3.05, 3.63) is 71.1 Å². The van der Waals surface area contributed by atoms with Crippen LogP contribution in [0.1, 0.15) is 44.1 Å². The summed E-state index contributed by atoms with van der Waals surface area (Å²) >= 11 is 12.3. The molecule has 7 rings (SSSR count). The summed E-state index contributed by atoms with van der Waals surface area (Å²) in [6.45, 7) is 5.49. The number of thioether (sulfide) groups is 1. The Morgan fingerprint density at radius 1 is 1.13 bits per heavy atom. The maximum atomic E-state index is 15.3. The van der Waals surface area contributed by atoms with Crippen molar-refractivity contribution < 1.29 is 62.9 Å². The molecule has 2 saturated heterocycles. The number of phenols is 1. The minimum absolute atomic E-state index is 0.00754. The Bertz CT molecular complexity index is 2750. The van der Waals surface area contributed by atoms with E-state index in [4.69, 9.17) is 55.5 Å². The van der Waals surface area contributed by atoms with Gasteiger partial charge in [0.1, 0.15) is 46.6 Å². The number of alkyl carbamates (subject to hydrolysis) is 1. The van der Waals surface area contributed by atoms with E-state index in [1.165, 1.54) is 24.4 Å². The Morgan fingerprint density at radius 2 is 1.90 bits per heavy atom. The molecule has 0 radical (unpaired) electrons. The number of benzene rings is 1. The molecule has 4 aliphatic rings. The van der Waals surface area contributed by atoms with E-state index in [1.54, 1.807) is 50.8 Å². The second kappa shape index (κ2) is 21.2. The number of H-pyrrole nitrogens is 1. The van der Waals surface area contributed by atoms with Crippen LogP contribution in [-0.4, -0.2) is 154 Å². The predicted octanol–water partition coefficient (Wildman–Crippen LogP) is 3.70. The molecule has 4 heterocycles. The molecule has 67 heavy (non-hydrogen) atoms. The molecule has 2 fully saturated rings. The highest BCUT2D eigenvalue weighted by Gasteiger charge is 2.61. The van der Waals surface area contributed by atoms with Crippen molar-refractivity contribution in [1.29, 1.82) is 0 Å². The van der Waals surface area contributed by atoms with Crippen LogP contribution in [0.4, 0.5) is 4.79 Å². The number of Topliss-reactive ketones (excluding diaryl/α,β-unsaturated/α-hetero) is 2. The van der Waals surface area contributed by atoms with E-state index in [9.17, 15) is 24.9 Å². The van der Waals surface area contributed by atoms with E-state index >= 15 is 4.79 Å². The molecule has 5 N–H and O–H groups in total. The van der Waals surface area contributed by atoms with Gasteiger partial charge in [0.2, 0.25) is 5.78 Å². The van der Waals surface area contributed by atoms with Crippen molar-refractivity contribution in [2.75, 3.05) is 39.1 Å². The first-order chi connectivity index (χ1) is 31.9. The van der Waals surface area contributed by atoms with Gasteiger partial charge in [-0.15, -0.1) is 11.8 Å². The predicted molar refractivity (Wildman–Crippen MR) is 259 cm³/mol. The summed E-state index contributed by atoms with van der Waals surface area (Å²) in [6, 6.07) is 5.11. The summed E-state index contributed by atoms with van der Waals surface area (Å²) in [4.78, 5) is 49.9. The number of ether oxygens (including phenoxy) is 7. The number of methoxy groups -OCH3 is 2. The first kappa shape index (κ1) is 50.6. The van der Waals surface area contributed by atoms with Crippen molar-refractivity contribution in [2.45, 2.75) is 106 Å². The molecule has 2 aliphatic carbocycles. The lowest BCUT2D eigenvalue weighted by atomic mass is 9.83. The normalized spacial score (nSPS) is 31.1. The van der Waals surface area contributed by atoms with Crippen molar-refractivity contribution in [2.24, 2.45) is 0 Å². The summed E-state index contributed by atoms with van der Waals surface area (Å²) in [5.41, 5.74) is 1.41. The molecule has 1 aromatic carbocycles. The van der Waals surface area contributed by atoms with Crippen LogP contribution >= 0.6 is 11.8 Å². The van der Waals surface area contributed by atoms with E-state index in [2.05, 4.69) is 39.0 Å². The third-order valence-corrected chi connectivity index (χ3v) is 15.0. The smallest absolute Gasteiger partial charge is 0.407 e. The molecule has 1 amide bonds. The van der Waals surface area contributed by atoms with Gasteiger partial charge in [-0.25, -0.2) is 4.79 Å². The van der Waals surface area contributed by atoms with Crippen molar-refractivity contribution in [3.8, 4) is 29.4 Å². The number of fused-ring (bicyclic) bond motifs is 3. The molecule has 0 saturated carbocycles. The highest BCUT2D eigenvalue weighted by molar-refractivity contribution is 8.56. The van der Waals surface area contributed by atoms with Crippen LogP contribution in [0.5, 0.6) is 5.75 Å². The molecule has 9 unspecified atom stereocenters. The number of nitrogens with one attached hydrogen (secondary N) is 2. The Hall–Kier alpha value is -4.26. The van der Waals surface area contributed by atoms with Crippen LogP contribution in [0.25, 0.3) is 21.8 Å². The third-order valence-electron chi connectivity index (χ3n) is 11.9. The van der Waals surface area contributed by atoms with E-state index < -0.39 is 97.3 Å². The summed E-state index contributed by atoms with van der Waals surface area (Å²) in [5.74, 6) is 10.9.